The fourth-order valence-electron chi connectivity index (χ4n) is 4.57. The minimum atomic E-state index is -0.264. The van der Waals surface area contributed by atoms with Gasteiger partial charge in [-0.3, -0.25) is 9.59 Å². The zero-order valence-corrected chi connectivity index (χ0v) is 21.4. The minimum absolute atomic E-state index is 0.169. The molecule has 1 N–H and O–H groups in total. The number of benzene rings is 3. The Morgan fingerprint density at radius 3 is 2.21 bits per heavy atom. The zero-order chi connectivity index (χ0) is 26.6. The van der Waals surface area contributed by atoms with Crippen LogP contribution in [0.5, 0.6) is 17.2 Å². The van der Waals surface area contributed by atoms with Crippen molar-refractivity contribution in [3.8, 4) is 28.6 Å². The highest BCUT2D eigenvalue weighted by Crippen LogP contribution is 2.34. The number of carbonyl (C=O) groups excluding carboxylic acids is 2. The second kappa shape index (κ2) is 10.7. The van der Waals surface area contributed by atoms with Gasteiger partial charge in [-0.25, -0.2) is 0 Å². The Morgan fingerprint density at radius 1 is 0.816 bits per heavy atom. The first-order chi connectivity index (χ1) is 18.5. The van der Waals surface area contributed by atoms with Gasteiger partial charge in [-0.15, -0.1) is 0 Å². The molecular formula is C30H28N2O6. The molecule has 2 amide bonds. The summed E-state index contributed by atoms with van der Waals surface area (Å²) < 4.78 is 22.0. The van der Waals surface area contributed by atoms with Gasteiger partial charge >= 0.3 is 0 Å². The van der Waals surface area contributed by atoms with Gasteiger partial charge in [0.05, 0.1) is 26.9 Å². The molecule has 0 atom stereocenters. The molecule has 0 fully saturated rings. The molecule has 0 unspecified atom stereocenters. The number of fused-ring (bicyclic) bond motifs is 1. The van der Waals surface area contributed by atoms with E-state index in [2.05, 4.69) is 5.32 Å². The van der Waals surface area contributed by atoms with Gasteiger partial charge in [0.25, 0.3) is 11.8 Å². The summed E-state index contributed by atoms with van der Waals surface area (Å²) in [6.07, 6.45) is 0.719. The number of hydrogen-bond donors (Lipinski definition) is 1. The molecule has 0 spiro atoms. The Kier molecular flexibility index (Phi) is 7.04. The SMILES string of the molecule is COc1cc2c(cc1OC)CN(C(=O)c1ccc(-c3ccc(NC(=O)c4ccccc4OC)cc3)o1)CC2. The third-order valence-corrected chi connectivity index (χ3v) is 6.60. The van der Waals surface area contributed by atoms with Crippen molar-refractivity contribution in [1.29, 1.82) is 0 Å². The van der Waals surface area contributed by atoms with Crippen LogP contribution in [0.1, 0.15) is 32.0 Å². The molecule has 0 radical (unpaired) electrons. The van der Waals surface area contributed by atoms with Gasteiger partial charge in [-0.2, -0.15) is 0 Å². The van der Waals surface area contributed by atoms with Crippen LogP contribution in [0.15, 0.2) is 77.2 Å². The normalized spacial score (nSPS) is 12.4. The van der Waals surface area contributed by atoms with Gasteiger partial charge in [0.1, 0.15) is 11.5 Å². The molecule has 0 aliphatic carbocycles. The van der Waals surface area contributed by atoms with E-state index in [1.165, 1.54) is 7.11 Å². The lowest BCUT2D eigenvalue weighted by Crippen LogP contribution is -2.35. The highest BCUT2D eigenvalue weighted by molar-refractivity contribution is 6.06. The molecule has 3 aromatic carbocycles. The van der Waals surface area contributed by atoms with E-state index in [0.29, 0.717) is 47.3 Å². The van der Waals surface area contributed by atoms with E-state index in [9.17, 15) is 9.59 Å². The highest BCUT2D eigenvalue weighted by atomic mass is 16.5. The van der Waals surface area contributed by atoms with E-state index in [-0.39, 0.29) is 17.6 Å². The van der Waals surface area contributed by atoms with E-state index in [1.807, 2.05) is 30.3 Å². The Morgan fingerprint density at radius 2 is 1.50 bits per heavy atom. The molecule has 1 aliphatic rings. The van der Waals surface area contributed by atoms with Crippen LogP contribution in [0.25, 0.3) is 11.3 Å². The summed E-state index contributed by atoms with van der Waals surface area (Å²) in [5.74, 6) is 2.25. The van der Waals surface area contributed by atoms with Crippen LogP contribution in [-0.2, 0) is 13.0 Å². The molecule has 194 valence electrons. The average Bonchev–Trinajstić information content (AvgIpc) is 3.46. The maximum atomic E-state index is 13.2. The second-order valence-electron chi connectivity index (χ2n) is 8.85. The summed E-state index contributed by atoms with van der Waals surface area (Å²) in [4.78, 5) is 27.6. The Balaban J connectivity index is 1.26. The van der Waals surface area contributed by atoms with Crippen LogP contribution in [-0.4, -0.2) is 44.6 Å². The molecular weight excluding hydrogens is 484 g/mol. The van der Waals surface area contributed by atoms with E-state index < -0.39 is 0 Å². The van der Waals surface area contributed by atoms with E-state index in [1.54, 1.807) is 61.6 Å². The molecule has 38 heavy (non-hydrogen) atoms. The third kappa shape index (κ3) is 4.93. The van der Waals surface area contributed by atoms with Crippen LogP contribution < -0.4 is 19.5 Å². The predicted octanol–water partition coefficient (Wildman–Crippen LogP) is 5.42. The van der Waals surface area contributed by atoms with Gasteiger partial charge < -0.3 is 28.8 Å². The minimum Gasteiger partial charge on any atom is -0.496 e. The van der Waals surface area contributed by atoms with Gasteiger partial charge in [0, 0.05) is 24.3 Å². The molecule has 5 rings (SSSR count). The van der Waals surface area contributed by atoms with Crippen molar-refractivity contribution < 1.29 is 28.2 Å². The first-order valence-electron chi connectivity index (χ1n) is 12.2. The summed E-state index contributed by atoms with van der Waals surface area (Å²) >= 11 is 0. The van der Waals surface area contributed by atoms with E-state index in [0.717, 1.165) is 23.1 Å². The average molecular weight is 513 g/mol. The second-order valence-corrected chi connectivity index (χ2v) is 8.85. The molecule has 8 nitrogen and oxygen atoms in total. The van der Waals surface area contributed by atoms with Crippen LogP contribution in [0, 0.1) is 0 Å². The van der Waals surface area contributed by atoms with Crippen LogP contribution in [0.3, 0.4) is 0 Å². The molecule has 2 heterocycles. The van der Waals surface area contributed by atoms with Crippen molar-refractivity contribution in [2.24, 2.45) is 0 Å². The van der Waals surface area contributed by atoms with Crippen molar-refractivity contribution in [2.45, 2.75) is 13.0 Å². The molecule has 0 saturated carbocycles. The van der Waals surface area contributed by atoms with Gasteiger partial charge in [0.15, 0.2) is 17.3 Å². The number of rotatable bonds is 7. The molecule has 1 aromatic heterocycles. The highest BCUT2D eigenvalue weighted by Gasteiger charge is 2.26. The van der Waals surface area contributed by atoms with Gasteiger partial charge in [-0.1, -0.05) is 12.1 Å². The molecule has 0 bridgehead atoms. The van der Waals surface area contributed by atoms with Crippen molar-refractivity contribution >= 4 is 17.5 Å². The summed E-state index contributed by atoms with van der Waals surface area (Å²) in [6, 6.07) is 21.7. The maximum absolute atomic E-state index is 13.2. The van der Waals surface area contributed by atoms with Crippen LogP contribution in [0.2, 0.25) is 0 Å². The zero-order valence-electron chi connectivity index (χ0n) is 21.4. The lowest BCUT2D eigenvalue weighted by atomic mass is 9.98. The number of para-hydroxylation sites is 1. The fourth-order valence-corrected chi connectivity index (χ4v) is 4.57. The third-order valence-electron chi connectivity index (χ3n) is 6.60. The topological polar surface area (TPSA) is 90.2 Å². The number of furan rings is 1. The molecule has 1 aliphatic heterocycles. The Bertz CT molecular complexity index is 1470. The van der Waals surface area contributed by atoms with Gasteiger partial charge in [-0.05, 0) is 78.2 Å². The van der Waals surface area contributed by atoms with Gasteiger partial charge in [0.2, 0.25) is 0 Å². The number of nitrogens with zero attached hydrogens (tertiary/aromatic N) is 1. The lowest BCUT2D eigenvalue weighted by molar-refractivity contribution is 0.0703. The summed E-state index contributed by atoms with van der Waals surface area (Å²) in [7, 11) is 4.74. The number of carbonyl (C=O) groups is 2. The standard InChI is InChI=1S/C30H28N2O6/c1-35-25-7-5-4-6-23(25)29(33)31-22-10-8-19(9-11-22)24-12-13-26(38-24)30(34)32-15-14-20-16-27(36-2)28(37-3)17-21(20)18-32/h4-13,16-17H,14-15,18H2,1-3H3,(H,31,33). The number of hydrogen-bond acceptors (Lipinski definition) is 6. The van der Waals surface area contributed by atoms with E-state index in [4.69, 9.17) is 18.6 Å². The van der Waals surface area contributed by atoms with Crippen molar-refractivity contribution in [3.63, 3.8) is 0 Å². The molecule has 0 saturated heterocycles. The summed E-state index contributed by atoms with van der Waals surface area (Å²) in [5.41, 5.74) is 4.04. The summed E-state index contributed by atoms with van der Waals surface area (Å²) in [5, 5.41) is 2.87. The van der Waals surface area contributed by atoms with Crippen molar-refractivity contribution in [1.82, 2.24) is 4.90 Å². The quantitative estimate of drug-likeness (QED) is 0.356. The monoisotopic (exact) mass is 512 g/mol. The number of methoxy groups -OCH3 is 3. The van der Waals surface area contributed by atoms with E-state index >= 15 is 0 Å². The Hall–Kier alpha value is -4.72. The van der Waals surface area contributed by atoms with Crippen molar-refractivity contribution in [2.75, 3.05) is 33.2 Å². The first-order valence-corrected chi connectivity index (χ1v) is 12.2. The lowest BCUT2D eigenvalue weighted by Gasteiger charge is -2.29. The smallest absolute Gasteiger partial charge is 0.289 e. The number of ether oxygens (including phenoxy) is 3. The van der Waals surface area contributed by atoms with Crippen molar-refractivity contribution in [3.05, 3.63) is 95.2 Å². The van der Waals surface area contributed by atoms with Crippen LogP contribution in [0.4, 0.5) is 5.69 Å². The molecule has 4 aromatic rings. The summed E-state index contributed by atoms with van der Waals surface area (Å²) in [6.45, 7) is 1.04. The van der Waals surface area contributed by atoms with Crippen LogP contribution >= 0.6 is 0 Å². The number of amides is 2. The Labute approximate surface area is 220 Å². The predicted molar refractivity (Wildman–Crippen MR) is 143 cm³/mol. The maximum Gasteiger partial charge on any atom is 0.289 e. The fraction of sp³-hybridized carbons (Fsp3) is 0.200. The first kappa shape index (κ1) is 25.0. The number of anilines is 1. The molecule has 8 heteroatoms. The number of nitrogens with one attached hydrogen (secondary N) is 1. The largest absolute Gasteiger partial charge is 0.496 e.